The van der Waals surface area contributed by atoms with Crippen LogP contribution in [0.5, 0.6) is 0 Å². The van der Waals surface area contributed by atoms with Crippen LogP contribution in [0.25, 0.3) is 11.1 Å². The highest BCUT2D eigenvalue weighted by molar-refractivity contribution is 9.10. The lowest BCUT2D eigenvalue weighted by Gasteiger charge is -2.30. The van der Waals surface area contributed by atoms with E-state index in [1.54, 1.807) is 24.5 Å². The number of Topliss-reactive ketones (excluding diaryl/α,β-unsaturated/α-hetero) is 1. The smallest absolute Gasteiger partial charge is 0.194 e. The Kier molecular flexibility index (Phi) is 4.91. The van der Waals surface area contributed by atoms with Crippen LogP contribution in [-0.2, 0) is 0 Å². The Morgan fingerprint density at radius 3 is 2.54 bits per heavy atom. The number of benzene rings is 2. The third-order valence-corrected chi connectivity index (χ3v) is 5.52. The van der Waals surface area contributed by atoms with Gasteiger partial charge in [0.15, 0.2) is 18.1 Å². The van der Waals surface area contributed by atoms with Crippen molar-refractivity contribution in [2.24, 2.45) is 0 Å². The van der Waals surface area contributed by atoms with Crippen LogP contribution in [-0.4, -0.2) is 41.0 Å². The summed E-state index contributed by atoms with van der Waals surface area (Å²) in [6.45, 7) is 0. The molecular weight excluding hydrogens is 444 g/mol. The molecule has 0 saturated heterocycles. The number of aliphatic hydroxyl groups excluding tert-OH is 1. The molecule has 4 rings (SSSR count). The second kappa shape index (κ2) is 7.24. The Labute approximate surface area is 175 Å². The number of halogens is 2. The molecule has 0 amide bonds. The maximum atomic E-state index is 13.1. The lowest BCUT2D eigenvalue weighted by molar-refractivity contribution is 0.0721. The van der Waals surface area contributed by atoms with Crippen LogP contribution in [0, 0.1) is 0 Å². The van der Waals surface area contributed by atoms with Crippen molar-refractivity contribution in [1.82, 2.24) is 9.78 Å². The number of carbonyl (C=O) groups is 1. The molecule has 1 aliphatic rings. The molecule has 0 bridgehead atoms. The van der Waals surface area contributed by atoms with Gasteiger partial charge in [0.2, 0.25) is 0 Å². The second-order valence-corrected chi connectivity index (χ2v) is 8.18. The standard InChI is InChI=1S/C20H18BrClN4O2/c1-25(2)13-5-3-11(4-6-13)14-7-15-17(8-16(14)22)24-20(28)18(19(15)27)26-10-12(21)9-23-26/h3-10,18,20,24,28H,1-2H3. The summed E-state index contributed by atoms with van der Waals surface area (Å²) in [6.07, 6.45) is 2.14. The summed E-state index contributed by atoms with van der Waals surface area (Å²) in [6, 6.07) is 10.5. The van der Waals surface area contributed by atoms with Gasteiger partial charge in [0, 0.05) is 42.8 Å². The molecule has 6 nitrogen and oxygen atoms in total. The second-order valence-electron chi connectivity index (χ2n) is 6.86. The monoisotopic (exact) mass is 460 g/mol. The summed E-state index contributed by atoms with van der Waals surface area (Å²) in [5.74, 6) is -0.223. The van der Waals surface area contributed by atoms with Crippen molar-refractivity contribution < 1.29 is 9.90 Å². The zero-order valence-electron chi connectivity index (χ0n) is 15.2. The van der Waals surface area contributed by atoms with Gasteiger partial charge in [0.1, 0.15) is 0 Å². The fourth-order valence-electron chi connectivity index (χ4n) is 3.33. The summed E-state index contributed by atoms with van der Waals surface area (Å²) in [4.78, 5) is 15.2. The fourth-order valence-corrected chi connectivity index (χ4v) is 3.90. The van der Waals surface area contributed by atoms with Crippen molar-refractivity contribution in [3.8, 4) is 11.1 Å². The summed E-state index contributed by atoms with van der Waals surface area (Å²) in [5, 5.41) is 18.1. The highest BCUT2D eigenvalue weighted by Gasteiger charge is 2.37. The average molecular weight is 462 g/mol. The Bertz CT molecular complexity index is 1050. The van der Waals surface area contributed by atoms with E-state index in [9.17, 15) is 9.90 Å². The Morgan fingerprint density at radius 2 is 1.93 bits per heavy atom. The fraction of sp³-hybridized carbons (Fsp3) is 0.200. The van der Waals surface area contributed by atoms with Gasteiger partial charge in [-0.1, -0.05) is 23.7 Å². The van der Waals surface area contributed by atoms with Gasteiger partial charge in [0.25, 0.3) is 0 Å². The van der Waals surface area contributed by atoms with Gasteiger partial charge < -0.3 is 15.3 Å². The third kappa shape index (κ3) is 3.30. The van der Waals surface area contributed by atoms with Crippen molar-refractivity contribution >= 4 is 44.7 Å². The molecule has 2 atom stereocenters. The van der Waals surface area contributed by atoms with Gasteiger partial charge in [-0.2, -0.15) is 5.10 Å². The number of anilines is 2. The lowest BCUT2D eigenvalue weighted by atomic mass is 9.93. The molecule has 2 N–H and O–H groups in total. The largest absolute Gasteiger partial charge is 0.378 e. The predicted molar refractivity (Wildman–Crippen MR) is 114 cm³/mol. The number of aliphatic hydroxyl groups is 1. The van der Waals surface area contributed by atoms with Crippen molar-refractivity contribution in [2.75, 3.05) is 24.3 Å². The van der Waals surface area contributed by atoms with E-state index in [2.05, 4.69) is 26.3 Å². The molecule has 2 aromatic carbocycles. The molecule has 0 fully saturated rings. The molecule has 0 aliphatic carbocycles. The Hall–Kier alpha value is -2.35. The first-order valence-corrected chi connectivity index (χ1v) is 9.82. The molecule has 1 aromatic heterocycles. The van der Waals surface area contributed by atoms with Gasteiger partial charge >= 0.3 is 0 Å². The zero-order valence-corrected chi connectivity index (χ0v) is 17.6. The molecule has 2 unspecified atom stereocenters. The van der Waals surface area contributed by atoms with E-state index < -0.39 is 12.3 Å². The summed E-state index contributed by atoms with van der Waals surface area (Å²) in [5.41, 5.74) is 3.73. The van der Waals surface area contributed by atoms with Crippen LogP contribution < -0.4 is 10.2 Å². The van der Waals surface area contributed by atoms with E-state index in [0.29, 0.717) is 16.3 Å². The van der Waals surface area contributed by atoms with E-state index in [1.807, 2.05) is 43.3 Å². The van der Waals surface area contributed by atoms with Crippen LogP contribution in [0.1, 0.15) is 16.4 Å². The molecule has 0 spiro atoms. The topological polar surface area (TPSA) is 70.4 Å². The van der Waals surface area contributed by atoms with Crippen LogP contribution >= 0.6 is 27.5 Å². The quantitative estimate of drug-likeness (QED) is 0.612. The number of carbonyl (C=O) groups excluding carboxylic acids is 1. The van der Waals surface area contributed by atoms with Gasteiger partial charge in [-0.25, -0.2) is 0 Å². The number of rotatable bonds is 3. The molecule has 2 heterocycles. The third-order valence-electron chi connectivity index (χ3n) is 4.79. The van der Waals surface area contributed by atoms with E-state index >= 15 is 0 Å². The van der Waals surface area contributed by atoms with E-state index in [0.717, 1.165) is 21.3 Å². The van der Waals surface area contributed by atoms with Crippen molar-refractivity contribution in [3.05, 3.63) is 63.9 Å². The van der Waals surface area contributed by atoms with E-state index in [1.165, 1.54) is 4.68 Å². The first-order valence-electron chi connectivity index (χ1n) is 8.65. The number of fused-ring (bicyclic) bond motifs is 1. The lowest BCUT2D eigenvalue weighted by Crippen LogP contribution is -2.41. The minimum atomic E-state index is -1.10. The Morgan fingerprint density at radius 1 is 1.21 bits per heavy atom. The Balaban J connectivity index is 1.76. The normalized spacial score (nSPS) is 18.5. The van der Waals surface area contributed by atoms with E-state index in [-0.39, 0.29) is 5.78 Å². The van der Waals surface area contributed by atoms with Crippen LogP contribution in [0.3, 0.4) is 0 Å². The zero-order chi connectivity index (χ0) is 20.0. The van der Waals surface area contributed by atoms with Crippen molar-refractivity contribution in [1.29, 1.82) is 0 Å². The van der Waals surface area contributed by atoms with Crippen LogP contribution in [0.2, 0.25) is 5.02 Å². The van der Waals surface area contributed by atoms with Crippen molar-refractivity contribution in [3.63, 3.8) is 0 Å². The minimum absolute atomic E-state index is 0.223. The highest BCUT2D eigenvalue weighted by Crippen LogP contribution is 2.38. The molecule has 1 aliphatic heterocycles. The number of ketones is 1. The summed E-state index contributed by atoms with van der Waals surface area (Å²) >= 11 is 9.80. The highest BCUT2D eigenvalue weighted by atomic mass is 79.9. The van der Waals surface area contributed by atoms with Crippen LogP contribution in [0.4, 0.5) is 11.4 Å². The SMILES string of the molecule is CN(C)c1ccc(-c2cc3c(cc2Cl)NC(O)C(n2cc(Br)cn2)C3=O)cc1. The average Bonchev–Trinajstić information content (AvgIpc) is 3.07. The molecule has 0 saturated carbocycles. The number of nitrogens with one attached hydrogen (secondary N) is 1. The summed E-state index contributed by atoms with van der Waals surface area (Å²) in [7, 11) is 3.95. The number of nitrogens with zero attached hydrogens (tertiary/aromatic N) is 3. The van der Waals surface area contributed by atoms with Gasteiger partial charge in [0.05, 0.1) is 15.7 Å². The number of hydrogen-bond acceptors (Lipinski definition) is 5. The first kappa shape index (κ1) is 19.0. The number of aromatic nitrogens is 2. The minimum Gasteiger partial charge on any atom is -0.378 e. The van der Waals surface area contributed by atoms with Crippen molar-refractivity contribution in [2.45, 2.75) is 12.3 Å². The molecule has 3 aromatic rings. The van der Waals surface area contributed by atoms with Crippen LogP contribution in [0.15, 0.2) is 53.3 Å². The molecular formula is C20H18BrClN4O2. The maximum Gasteiger partial charge on any atom is 0.194 e. The van der Waals surface area contributed by atoms with Gasteiger partial charge in [-0.3, -0.25) is 9.48 Å². The molecule has 144 valence electrons. The first-order chi connectivity index (χ1) is 13.3. The molecule has 0 radical (unpaired) electrons. The predicted octanol–water partition coefficient (Wildman–Crippen LogP) is 4.20. The molecule has 28 heavy (non-hydrogen) atoms. The number of hydrogen-bond donors (Lipinski definition) is 2. The van der Waals surface area contributed by atoms with Gasteiger partial charge in [-0.05, 0) is 45.8 Å². The summed E-state index contributed by atoms with van der Waals surface area (Å²) < 4.78 is 2.18. The molecule has 8 heteroatoms. The maximum absolute atomic E-state index is 13.1. The van der Waals surface area contributed by atoms with E-state index in [4.69, 9.17) is 11.6 Å². The van der Waals surface area contributed by atoms with Gasteiger partial charge in [-0.15, -0.1) is 0 Å².